The molecular weight excluding hydrogens is 952 g/mol. The monoisotopic (exact) mass is 1000 g/mol. The highest BCUT2D eigenvalue weighted by molar-refractivity contribution is 6.32. The molecule has 71 heavy (non-hydrogen) atoms. The standard InChI is InChI=1S/C53H54Cl2N6O10/c1-30-38(28-70-48-16-46(68-26-36-12-34(18-56)20-58-22-36)40(14-44(48)54)24-60-50(32(3)62)52(64)65)8-6-10-42(30)43-11-7-9-39(31(43)2)29-71-49-17-47(69-27-37-13-35(19-57-5)21-59-23-37)41(15-45(49)55)25-61-51(33(4)63)53(66)67/h6-17,19-23,32-33,50-51,60-63H,24-29H2,1-5H3,(H,64,65)(H,66,67)/t32-,33+,50+,51+/m0/s1. The van der Waals surface area contributed by atoms with Gasteiger partial charge in [-0.15, -0.1) is 0 Å². The van der Waals surface area contributed by atoms with Crippen LogP contribution in [0.4, 0.5) is 0 Å². The van der Waals surface area contributed by atoms with Gasteiger partial charge in [0.1, 0.15) is 67.6 Å². The number of aliphatic imine (C=N–C) groups is 1. The minimum absolute atomic E-state index is 0.00365. The molecule has 0 saturated carbocycles. The highest BCUT2D eigenvalue weighted by Crippen LogP contribution is 2.37. The third-order valence-electron chi connectivity index (χ3n) is 11.5. The first kappa shape index (κ1) is 53.3. The van der Waals surface area contributed by atoms with Crippen LogP contribution in [-0.2, 0) is 49.1 Å². The van der Waals surface area contributed by atoms with Crippen molar-refractivity contribution in [2.45, 2.75) is 91.5 Å². The lowest BCUT2D eigenvalue weighted by Crippen LogP contribution is -2.44. The average molecular weight is 1010 g/mol. The third-order valence-corrected chi connectivity index (χ3v) is 12.1. The van der Waals surface area contributed by atoms with Gasteiger partial charge in [0.15, 0.2) is 0 Å². The predicted octanol–water partition coefficient (Wildman–Crippen LogP) is 8.15. The molecule has 2 heterocycles. The number of carbonyl (C=O) groups is 2. The van der Waals surface area contributed by atoms with Crippen molar-refractivity contribution in [3.63, 3.8) is 0 Å². The van der Waals surface area contributed by atoms with Gasteiger partial charge in [-0.3, -0.25) is 35.2 Å². The number of nitrogens with zero attached hydrogens (tertiary/aromatic N) is 4. The first-order chi connectivity index (χ1) is 34.1. The van der Waals surface area contributed by atoms with Crippen molar-refractivity contribution >= 4 is 41.4 Å². The number of benzene rings is 4. The van der Waals surface area contributed by atoms with Crippen LogP contribution in [0.15, 0.2) is 103 Å². The van der Waals surface area contributed by atoms with Gasteiger partial charge in [-0.25, -0.2) is 0 Å². The molecule has 0 radical (unpaired) electrons. The largest absolute Gasteiger partial charge is 0.488 e. The van der Waals surface area contributed by atoms with E-state index in [1.165, 1.54) is 20.0 Å². The molecule has 2 aromatic heterocycles. The first-order valence-electron chi connectivity index (χ1n) is 22.4. The van der Waals surface area contributed by atoms with Gasteiger partial charge in [-0.2, -0.15) is 5.26 Å². The second kappa shape index (κ2) is 25.1. The summed E-state index contributed by atoms with van der Waals surface area (Å²) in [5.74, 6) is -1.04. The van der Waals surface area contributed by atoms with Crippen molar-refractivity contribution in [1.29, 1.82) is 5.26 Å². The molecule has 4 atom stereocenters. The fraction of sp³-hybridized carbons (Fsp3) is 0.283. The van der Waals surface area contributed by atoms with Crippen molar-refractivity contribution in [1.82, 2.24) is 20.6 Å². The van der Waals surface area contributed by atoms with E-state index in [1.54, 1.807) is 62.2 Å². The molecule has 0 aliphatic heterocycles. The number of aliphatic hydroxyl groups is 2. The molecule has 0 unspecified atom stereocenters. The average Bonchev–Trinajstić information content (AvgIpc) is 3.33. The van der Waals surface area contributed by atoms with Crippen LogP contribution in [0.2, 0.25) is 10.0 Å². The summed E-state index contributed by atoms with van der Waals surface area (Å²) in [5.41, 5.74) is 9.26. The Morgan fingerprint density at radius 3 is 1.55 bits per heavy atom. The van der Waals surface area contributed by atoms with Crippen molar-refractivity contribution in [3.8, 4) is 40.2 Å². The minimum atomic E-state index is -1.25. The summed E-state index contributed by atoms with van der Waals surface area (Å²) < 4.78 is 25.2. The third kappa shape index (κ3) is 14.3. The molecule has 0 fully saturated rings. The van der Waals surface area contributed by atoms with Gasteiger partial charge < -0.3 is 39.4 Å². The van der Waals surface area contributed by atoms with Crippen LogP contribution in [0, 0.1) is 25.2 Å². The van der Waals surface area contributed by atoms with Crippen molar-refractivity contribution < 1.29 is 49.0 Å². The zero-order chi connectivity index (χ0) is 51.2. The van der Waals surface area contributed by atoms with Crippen LogP contribution in [0.1, 0.15) is 69.5 Å². The maximum Gasteiger partial charge on any atom is 0.323 e. The lowest BCUT2D eigenvalue weighted by atomic mass is 9.92. The lowest BCUT2D eigenvalue weighted by molar-refractivity contribution is -0.143. The lowest BCUT2D eigenvalue weighted by Gasteiger charge is -2.20. The van der Waals surface area contributed by atoms with Gasteiger partial charge >= 0.3 is 11.9 Å². The topological polar surface area (TPSA) is 238 Å². The number of pyridine rings is 2. The van der Waals surface area contributed by atoms with Crippen LogP contribution in [0.5, 0.6) is 23.0 Å². The van der Waals surface area contributed by atoms with Crippen LogP contribution in [0.25, 0.3) is 11.1 Å². The van der Waals surface area contributed by atoms with Crippen LogP contribution >= 0.6 is 23.2 Å². The number of hydrogen-bond donors (Lipinski definition) is 6. The van der Waals surface area contributed by atoms with Crippen LogP contribution in [-0.4, -0.2) is 79.9 Å². The Morgan fingerprint density at radius 1 is 0.662 bits per heavy atom. The van der Waals surface area contributed by atoms with E-state index in [1.807, 2.05) is 56.3 Å². The smallest absolute Gasteiger partial charge is 0.323 e. The number of carboxylic acid groups (broad SMARTS) is 2. The molecule has 370 valence electrons. The van der Waals surface area contributed by atoms with E-state index in [-0.39, 0.29) is 49.6 Å². The second-order valence-electron chi connectivity index (χ2n) is 16.7. The zero-order valence-corrected chi connectivity index (χ0v) is 41.2. The van der Waals surface area contributed by atoms with E-state index in [0.717, 1.165) is 44.5 Å². The molecule has 6 aromatic rings. The van der Waals surface area contributed by atoms with Crippen molar-refractivity contribution in [2.24, 2.45) is 4.99 Å². The van der Waals surface area contributed by atoms with Gasteiger partial charge in [-0.05, 0) is 85.3 Å². The Kier molecular flexibility index (Phi) is 18.9. The summed E-state index contributed by atoms with van der Waals surface area (Å²) in [7, 11) is 1.67. The number of ether oxygens (including phenoxy) is 4. The van der Waals surface area contributed by atoms with Crippen LogP contribution < -0.4 is 29.6 Å². The Hall–Kier alpha value is -7.10. The van der Waals surface area contributed by atoms with Gasteiger partial charge in [0.2, 0.25) is 0 Å². The molecule has 0 bridgehead atoms. The Balaban J connectivity index is 1.21. The van der Waals surface area contributed by atoms with Gasteiger partial charge in [0.25, 0.3) is 0 Å². The van der Waals surface area contributed by atoms with E-state index in [9.17, 15) is 35.3 Å². The molecule has 6 rings (SSSR count). The molecule has 0 amide bonds. The molecule has 0 aliphatic rings. The maximum atomic E-state index is 11.8. The van der Waals surface area contributed by atoms with E-state index in [2.05, 4.69) is 31.7 Å². The number of carboxylic acids is 2. The molecular formula is C53H54Cl2N6O10. The quantitative estimate of drug-likeness (QED) is 0.0314. The number of aliphatic hydroxyl groups excluding tert-OH is 2. The summed E-state index contributed by atoms with van der Waals surface area (Å²) in [6.45, 7) is 7.26. The molecule has 4 aromatic carbocycles. The Bertz CT molecular complexity index is 2930. The van der Waals surface area contributed by atoms with Gasteiger partial charge in [0.05, 0.1) is 27.8 Å². The number of nitrogens with one attached hydrogen (secondary N) is 2. The summed E-state index contributed by atoms with van der Waals surface area (Å²) >= 11 is 13.6. The molecule has 18 heteroatoms. The maximum absolute atomic E-state index is 11.8. The Morgan fingerprint density at radius 2 is 1.11 bits per heavy atom. The molecule has 16 nitrogen and oxygen atoms in total. The minimum Gasteiger partial charge on any atom is -0.488 e. The van der Waals surface area contributed by atoms with Crippen molar-refractivity contribution in [3.05, 3.63) is 163 Å². The summed E-state index contributed by atoms with van der Waals surface area (Å²) in [4.78, 5) is 36.1. The van der Waals surface area contributed by atoms with E-state index in [0.29, 0.717) is 45.3 Å². The normalized spacial score (nSPS) is 13.0. The molecule has 0 spiro atoms. The van der Waals surface area contributed by atoms with E-state index in [4.69, 9.17) is 42.1 Å². The zero-order valence-electron chi connectivity index (χ0n) is 39.7. The summed E-state index contributed by atoms with van der Waals surface area (Å²) in [5, 5.41) is 55.1. The highest BCUT2D eigenvalue weighted by Gasteiger charge is 2.25. The molecule has 0 saturated heterocycles. The number of halogens is 2. The van der Waals surface area contributed by atoms with E-state index >= 15 is 0 Å². The van der Waals surface area contributed by atoms with E-state index < -0.39 is 36.2 Å². The second-order valence-corrected chi connectivity index (χ2v) is 17.5. The number of hydrogen-bond acceptors (Lipinski definition) is 14. The highest BCUT2D eigenvalue weighted by atomic mass is 35.5. The fourth-order valence-corrected chi connectivity index (χ4v) is 8.10. The van der Waals surface area contributed by atoms with Gasteiger partial charge in [0, 0.05) is 91.1 Å². The fourth-order valence-electron chi connectivity index (χ4n) is 7.62. The first-order valence-corrected chi connectivity index (χ1v) is 23.1. The molecule has 0 aliphatic carbocycles. The molecule has 6 N–H and O–H groups in total. The number of aromatic nitrogens is 2. The van der Waals surface area contributed by atoms with Crippen molar-refractivity contribution in [2.75, 3.05) is 7.05 Å². The number of rotatable bonds is 24. The Labute approximate surface area is 421 Å². The number of aliphatic carboxylic acids is 2. The summed E-state index contributed by atoms with van der Waals surface area (Å²) in [6, 6.07) is 21.6. The summed E-state index contributed by atoms with van der Waals surface area (Å²) in [6.07, 6.45) is 5.71. The SMILES string of the molecule is CN=Cc1cncc(COc2cc(OCc3cccc(-c4cccc(COc5cc(OCc6cncc(C#N)c6)c(CN[C@@H](C(=O)O)[C@H](C)O)cc5Cl)c4C)c3C)c(Cl)cc2CN[C@@H](C(=O)O)[C@@H](C)O)c1. The predicted molar refractivity (Wildman–Crippen MR) is 268 cm³/mol. The van der Waals surface area contributed by atoms with Gasteiger partial charge in [-0.1, -0.05) is 59.6 Å². The van der Waals surface area contributed by atoms with Crippen LogP contribution in [0.3, 0.4) is 0 Å². The number of nitriles is 1.